The van der Waals surface area contributed by atoms with Crippen molar-refractivity contribution in [2.75, 3.05) is 26.2 Å². The summed E-state index contributed by atoms with van der Waals surface area (Å²) in [4.78, 5) is 14.5. The summed E-state index contributed by atoms with van der Waals surface area (Å²) in [6.07, 6.45) is 4.38. The van der Waals surface area contributed by atoms with Crippen LogP contribution >= 0.6 is 12.4 Å². The van der Waals surface area contributed by atoms with Gasteiger partial charge in [-0.2, -0.15) is 0 Å². The van der Waals surface area contributed by atoms with E-state index in [2.05, 4.69) is 43.2 Å². The van der Waals surface area contributed by atoms with E-state index in [1.54, 1.807) is 0 Å². The number of carbonyl (C=O) groups excluding carboxylic acids is 1. The van der Waals surface area contributed by atoms with Crippen LogP contribution in [0.1, 0.15) is 53.4 Å². The summed E-state index contributed by atoms with van der Waals surface area (Å²) >= 11 is 0. The average molecular weight is 306 g/mol. The van der Waals surface area contributed by atoms with Gasteiger partial charge in [-0.1, -0.05) is 13.8 Å². The molecular formula is C15H32ClN3O. The molecule has 0 unspecified atom stereocenters. The van der Waals surface area contributed by atoms with Gasteiger partial charge in [0, 0.05) is 11.6 Å². The van der Waals surface area contributed by atoms with Crippen LogP contribution in [0, 0.1) is 0 Å². The molecule has 1 amide bonds. The first kappa shape index (κ1) is 19.7. The van der Waals surface area contributed by atoms with E-state index in [-0.39, 0.29) is 23.9 Å². The predicted octanol–water partition coefficient (Wildman–Crippen LogP) is 2.18. The molecule has 4 nitrogen and oxygen atoms in total. The summed E-state index contributed by atoms with van der Waals surface area (Å²) in [5.41, 5.74) is -0.0942. The summed E-state index contributed by atoms with van der Waals surface area (Å²) in [5, 5.41) is 6.52. The molecule has 0 aromatic heterocycles. The fraction of sp³-hybridized carbons (Fsp3) is 0.933. The molecule has 0 radical (unpaired) electrons. The van der Waals surface area contributed by atoms with Crippen molar-refractivity contribution in [2.24, 2.45) is 0 Å². The highest BCUT2D eigenvalue weighted by atomic mass is 35.5. The molecule has 0 atom stereocenters. The third-order valence-corrected chi connectivity index (χ3v) is 4.04. The number of hydrogen-bond donors (Lipinski definition) is 2. The van der Waals surface area contributed by atoms with Gasteiger partial charge in [-0.25, -0.2) is 0 Å². The predicted molar refractivity (Wildman–Crippen MR) is 87.5 cm³/mol. The molecule has 1 rings (SSSR count). The van der Waals surface area contributed by atoms with Crippen molar-refractivity contribution < 1.29 is 4.79 Å². The maximum Gasteiger partial charge on any atom is 0.234 e. The number of nitrogens with one attached hydrogen (secondary N) is 2. The van der Waals surface area contributed by atoms with Gasteiger partial charge in [0.25, 0.3) is 0 Å². The van der Waals surface area contributed by atoms with Crippen molar-refractivity contribution in [3.05, 3.63) is 0 Å². The van der Waals surface area contributed by atoms with Gasteiger partial charge in [0.1, 0.15) is 0 Å². The quantitative estimate of drug-likeness (QED) is 0.758. The Balaban J connectivity index is 0.00000361. The summed E-state index contributed by atoms with van der Waals surface area (Å²) in [6.45, 7) is 12.2. The van der Waals surface area contributed by atoms with E-state index in [4.69, 9.17) is 0 Å². The molecule has 2 N–H and O–H groups in total. The summed E-state index contributed by atoms with van der Waals surface area (Å²) < 4.78 is 0. The zero-order chi connectivity index (χ0) is 14.3. The van der Waals surface area contributed by atoms with Crippen LogP contribution in [-0.4, -0.2) is 48.6 Å². The van der Waals surface area contributed by atoms with Gasteiger partial charge in [0.05, 0.1) is 6.54 Å². The Morgan fingerprint density at radius 1 is 1.30 bits per heavy atom. The highest BCUT2D eigenvalue weighted by Gasteiger charge is 2.24. The van der Waals surface area contributed by atoms with Crippen LogP contribution in [0.15, 0.2) is 0 Å². The molecule has 0 spiro atoms. The van der Waals surface area contributed by atoms with Crippen LogP contribution in [0.4, 0.5) is 0 Å². The summed E-state index contributed by atoms with van der Waals surface area (Å²) in [7, 11) is 0. The number of amides is 1. The van der Waals surface area contributed by atoms with Gasteiger partial charge < -0.3 is 10.6 Å². The Labute approximate surface area is 130 Å². The highest BCUT2D eigenvalue weighted by molar-refractivity contribution is 5.85. The topological polar surface area (TPSA) is 44.4 Å². The van der Waals surface area contributed by atoms with Crippen LogP contribution < -0.4 is 10.6 Å². The van der Waals surface area contributed by atoms with Crippen molar-refractivity contribution in [3.63, 3.8) is 0 Å². The molecule has 5 heteroatoms. The molecule has 1 aliphatic rings. The minimum atomic E-state index is -0.0942. The third-order valence-electron chi connectivity index (χ3n) is 4.04. The molecular weight excluding hydrogens is 274 g/mol. The molecule has 120 valence electrons. The Morgan fingerprint density at radius 3 is 2.40 bits per heavy atom. The average Bonchev–Trinajstić information content (AvgIpc) is 2.38. The van der Waals surface area contributed by atoms with Gasteiger partial charge in [0.15, 0.2) is 0 Å². The van der Waals surface area contributed by atoms with E-state index >= 15 is 0 Å². The molecule has 0 saturated carbocycles. The lowest BCUT2D eigenvalue weighted by atomic mass is 10.0. The van der Waals surface area contributed by atoms with Crippen LogP contribution in [-0.2, 0) is 4.79 Å². The second-order valence-corrected chi connectivity index (χ2v) is 6.24. The molecule has 1 aliphatic heterocycles. The molecule has 0 aromatic carbocycles. The molecule has 0 aromatic rings. The van der Waals surface area contributed by atoms with Crippen LogP contribution in [0.25, 0.3) is 0 Å². The molecule has 1 heterocycles. The largest absolute Gasteiger partial charge is 0.350 e. The number of carbonyl (C=O) groups is 1. The van der Waals surface area contributed by atoms with Gasteiger partial charge in [0.2, 0.25) is 5.91 Å². The lowest BCUT2D eigenvalue weighted by Gasteiger charge is -2.35. The zero-order valence-electron chi connectivity index (χ0n) is 13.5. The maximum absolute atomic E-state index is 12.2. The van der Waals surface area contributed by atoms with E-state index in [9.17, 15) is 4.79 Å². The van der Waals surface area contributed by atoms with Gasteiger partial charge in [-0.3, -0.25) is 9.69 Å². The van der Waals surface area contributed by atoms with Crippen LogP contribution in [0.5, 0.6) is 0 Å². The smallest absolute Gasteiger partial charge is 0.234 e. The standard InChI is InChI=1S/C15H31N3O.ClH/c1-5-11-18(13-7-9-16-10-8-13)12-14(19)17-15(3,4)6-2;/h13,16H,5-12H2,1-4H3,(H,17,19);1H. The normalized spacial score (nSPS) is 16.9. The Kier molecular flexibility index (Phi) is 9.43. The van der Waals surface area contributed by atoms with Crippen molar-refractivity contribution in [1.82, 2.24) is 15.5 Å². The van der Waals surface area contributed by atoms with Gasteiger partial charge in [-0.15, -0.1) is 12.4 Å². The molecule has 1 fully saturated rings. The minimum Gasteiger partial charge on any atom is -0.350 e. The number of halogens is 1. The van der Waals surface area contributed by atoms with Crippen LogP contribution in [0.3, 0.4) is 0 Å². The summed E-state index contributed by atoms with van der Waals surface area (Å²) in [5.74, 6) is 0.166. The first-order valence-corrected chi connectivity index (χ1v) is 7.74. The molecule has 1 saturated heterocycles. The molecule has 20 heavy (non-hydrogen) atoms. The monoisotopic (exact) mass is 305 g/mol. The highest BCUT2D eigenvalue weighted by Crippen LogP contribution is 2.13. The van der Waals surface area contributed by atoms with E-state index in [0.29, 0.717) is 12.6 Å². The Hall–Kier alpha value is -0.320. The van der Waals surface area contributed by atoms with E-state index in [0.717, 1.165) is 45.3 Å². The number of hydrogen-bond acceptors (Lipinski definition) is 3. The van der Waals surface area contributed by atoms with E-state index in [1.165, 1.54) is 0 Å². The first-order valence-electron chi connectivity index (χ1n) is 7.74. The van der Waals surface area contributed by atoms with Crippen molar-refractivity contribution >= 4 is 18.3 Å². The summed E-state index contributed by atoms with van der Waals surface area (Å²) in [6, 6.07) is 0.566. The lowest BCUT2D eigenvalue weighted by molar-refractivity contribution is -0.124. The molecule has 0 aliphatic carbocycles. The fourth-order valence-electron chi connectivity index (χ4n) is 2.54. The third kappa shape index (κ3) is 6.91. The molecule has 0 bridgehead atoms. The van der Waals surface area contributed by atoms with E-state index in [1.807, 2.05) is 0 Å². The zero-order valence-corrected chi connectivity index (χ0v) is 14.3. The number of nitrogens with zero attached hydrogens (tertiary/aromatic N) is 1. The van der Waals surface area contributed by atoms with E-state index < -0.39 is 0 Å². The maximum atomic E-state index is 12.2. The minimum absolute atomic E-state index is 0. The van der Waals surface area contributed by atoms with Crippen molar-refractivity contribution in [2.45, 2.75) is 65.0 Å². The van der Waals surface area contributed by atoms with Gasteiger partial charge >= 0.3 is 0 Å². The SMILES string of the molecule is CCCN(CC(=O)NC(C)(C)CC)C1CCNCC1.Cl. The fourth-order valence-corrected chi connectivity index (χ4v) is 2.54. The number of piperidine rings is 1. The Bertz CT molecular complexity index is 278. The second-order valence-electron chi connectivity index (χ2n) is 6.24. The second kappa shape index (κ2) is 9.59. The first-order chi connectivity index (χ1) is 8.98. The van der Waals surface area contributed by atoms with Crippen molar-refractivity contribution in [3.8, 4) is 0 Å². The Morgan fingerprint density at radius 2 is 1.90 bits per heavy atom. The number of rotatable bonds is 7. The van der Waals surface area contributed by atoms with Crippen molar-refractivity contribution in [1.29, 1.82) is 0 Å². The van der Waals surface area contributed by atoms with Gasteiger partial charge in [-0.05, 0) is 59.2 Å². The lowest BCUT2D eigenvalue weighted by Crippen LogP contribution is -2.51. The van der Waals surface area contributed by atoms with Crippen LogP contribution in [0.2, 0.25) is 0 Å².